The van der Waals surface area contributed by atoms with Gasteiger partial charge in [-0.2, -0.15) is 0 Å². The van der Waals surface area contributed by atoms with E-state index in [1.807, 2.05) is 13.0 Å². The van der Waals surface area contributed by atoms with Crippen molar-refractivity contribution >= 4 is 11.5 Å². The zero-order chi connectivity index (χ0) is 12.6. The third-order valence-electron chi connectivity index (χ3n) is 2.44. The lowest BCUT2D eigenvalue weighted by Gasteiger charge is -2.10. The predicted molar refractivity (Wildman–Crippen MR) is 66.2 cm³/mol. The van der Waals surface area contributed by atoms with Crippen LogP contribution >= 0.6 is 0 Å². The minimum Gasteiger partial charge on any atom is -0.391 e. The highest BCUT2D eigenvalue weighted by atomic mass is 16.2. The van der Waals surface area contributed by atoms with E-state index in [1.165, 1.54) is 4.57 Å². The van der Waals surface area contributed by atoms with Crippen LogP contribution in [0.15, 0.2) is 33.9 Å². The average Bonchev–Trinajstić information content (AvgIpc) is 2.26. The van der Waals surface area contributed by atoms with Gasteiger partial charge in [0.1, 0.15) is 11.5 Å². The molecule has 17 heavy (non-hydrogen) atoms. The zero-order valence-electron chi connectivity index (χ0n) is 9.23. The quantitative estimate of drug-likeness (QED) is 0.643. The number of aromatic nitrogens is 2. The van der Waals surface area contributed by atoms with Crippen LogP contribution in [0.5, 0.6) is 0 Å². The molecule has 6 nitrogen and oxygen atoms in total. The van der Waals surface area contributed by atoms with Crippen LogP contribution in [0.25, 0.3) is 5.69 Å². The first-order valence-corrected chi connectivity index (χ1v) is 4.98. The monoisotopic (exact) mass is 232 g/mol. The molecule has 0 spiro atoms. The predicted octanol–water partition coefficient (Wildman–Crippen LogP) is -0.00138. The number of nitrogens with two attached hydrogens (primary N) is 2. The number of aromatic amines is 1. The Labute approximate surface area is 96.5 Å². The molecule has 0 radical (unpaired) electrons. The van der Waals surface area contributed by atoms with Crippen LogP contribution in [0.2, 0.25) is 0 Å². The Bertz CT molecular complexity index is 685. The number of hydrogen-bond donors (Lipinski definition) is 3. The van der Waals surface area contributed by atoms with E-state index in [0.29, 0.717) is 5.69 Å². The largest absolute Gasteiger partial charge is 0.391 e. The minimum atomic E-state index is -0.670. The van der Waals surface area contributed by atoms with E-state index in [2.05, 4.69) is 4.98 Å². The highest BCUT2D eigenvalue weighted by Crippen LogP contribution is 2.14. The number of H-pyrrole nitrogens is 1. The summed E-state index contributed by atoms with van der Waals surface area (Å²) in [6, 6.07) is 7.16. The van der Waals surface area contributed by atoms with Crippen LogP contribution < -0.4 is 22.7 Å². The van der Waals surface area contributed by atoms with Gasteiger partial charge in [0.05, 0.1) is 5.69 Å². The lowest BCUT2D eigenvalue weighted by Crippen LogP contribution is -2.32. The normalized spacial score (nSPS) is 10.4. The first kappa shape index (κ1) is 11.0. The lowest BCUT2D eigenvalue weighted by atomic mass is 10.2. The molecule has 1 heterocycles. The van der Waals surface area contributed by atoms with Crippen molar-refractivity contribution in [1.82, 2.24) is 9.55 Å². The molecule has 2 aromatic rings. The molecular weight excluding hydrogens is 220 g/mol. The highest BCUT2D eigenvalue weighted by Gasteiger charge is 2.10. The first-order chi connectivity index (χ1) is 8.00. The van der Waals surface area contributed by atoms with Gasteiger partial charge in [-0.1, -0.05) is 12.1 Å². The average molecular weight is 232 g/mol. The fraction of sp³-hybridized carbons (Fsp3) is 0.0909. The van der Waals surface area contributed by atoms with Gasteiger partial charge in [0.15, 0.2) is 0 Å². The van der Waals surface area contributed by atoms with E-state index >= 15 is 0 Å². The van der Waals surface area contributed by atoms with Gasteiger partial charge < -0.3 is 11.5 Å². The van der Waals surface area contributed by atoms with E-state index in [0.717, 1.165) is 5.56 Å². The maximum absolute atomic E-state index is 11.7. The number of nitrogens with one attached hydrogen (secondary N) is 1. The third kappa shape index (κ3) is 1.80. The Morgan fingerprint density at radius 3 is 2.59 bits per heavy atom. The summed E-state index contributed by atoms with van der Waals surface area (Å²) < 4.78 is 1.17. The molecule has 0 saturated heterocycles. The molecule has 0 unspecified atom stereocenters. The number of nitrogens with zero attached hydrogens (tertiary/aromatic N) is 1. The number of nitrogen functional groups attached to an aromatic ring is 2. The van der Waals surface area contributed by atoms with E-state index in [9.17, 15) is 9.59 Å². The molecule has 0 fully saturated rings. The van der Waals surface area contributed by atoms with Gasteiger partial charge in [-0.25, -0.2) is 9.36 Å². The SMILES string of the molecule is Cc1cccc(-n2c(N)c(N)c(=O)[nH]c2=O)c1. The molecular formula is C11H12N4O2. The number of rotatable bonds is 1. The van der Waals surface area contributed by atoms with Crippen molar-refractivity contribution in [3.8, 4) is 5.69 Å². The van der Waals surface area contributed by atoms with Gasteiger partial charge >= 0.3 is 5.69 Å². The second kappa shape index (κ2) is 3.82. The van der Waals surface area contributed by atoms with Crippen molar-refractivity contribution < 1.29 is 0 Å². The van der Waals surface area contributed by atoms with Gasteiger partial charge in [0.25, 0.3) is 5.56 Å². The van der Waals surface area contributed by atoms with E-state index in [-0.39, 0.29) is 11.5 Å². The molecule has 1 aromatic carbocycles. The second-order valence-electron chi connectivity index (χ2n) is 3.73. The Morgan fingerprint density at radius 1 is 1.24 bits per heavy atom. The maximum atomic E-state index is 11.7. The van der Waals surface area contributed by atoms with E-state index in [1.54, 1.807) is 18.2 Å². The summed E-state index contributed by atoms with van der Waals surface area (Å²) in [7, 11) is 0. The number of aryl methyl sites for hydroxylation is 1. The molecule has 5 N–H and O–H groups in total. The van der Waals surface area contributed by atoms with Crippen molar-refractivity contribution in [2.75, 3.05) is 11.5 Å². The Morgan fingerprint density at radius 2 is 1.94 bits per heavy atom. The van der Waals surface area contributed by atoms with Gasteiger partial charge in [0, 0.05) is 0 Å². The first-order valence-electron chi connectivity index (χ1n) is 4.98. The number of benzene rings is 1. The number of hydrogen-bond acceptors (Lipinski definition) is 4. The molecule has 88 valence electrons. The summed E-state index contributed by atoms with van der Waals surface area (Å²) in [5.74, 6) is -0.0515. The van der Waals surface area contributed by atoms with Crippen LogP contribution in [0.4, 0.5) is 11.5 Å². The number of anilines is 2. The zero-order valence-corrected chi connectivity index (χ0v) is 9.23. The van der Waals surface area contributed by atoms with Crippen LogP contribution in [-0.2, 0) is 0 Å². The van der Waals surface area contributed by atoms with Crippen molar-refractivity contribution in [3.05, 3.63) is 50.7 Å². The Balaban J connectivity index is 2.81. The van der Waals surface area contributed by atoms with E-state index in [4.69, 9.17) is 11.5 Å². The summed E-state index contributed by atoms with van der Waals surface area (Å²) in [6.45, 7) is 1.89. The van der Waals surface area contributed by atoms with Gasteiger partial charge in [-0.3, -0.25) is 9.78 Å². The summed E-state index contributed by atoms with van der Waals surface area (Å²) in [4.78, 5) is 25.0. The molecule has 0 saturated carbocycles. The van der Waals surface area contributed by atoms with Gasteiger partial charge in [-0.15, -0.1) is 0 Å². The molecule has 2 rings (SSSR count). The van der Waals surface area contributed by atoms with Crippen molar-refractivity contribution in [1.29, 1.82) is 0 Å². The highest BCUT2D eigenvalue weighted by molar-refractivity contribution is 5.60. The molecule has 0 atom stereocenters. The van der Waals surface area contributed by atoms with Crippen molar-refractivity contribution in [2.24, 2.45) is 0 Å². The van der Waals surface area contributed by atoms with Crippen LogP contribution in [0.3, 0.4) is 0 Å². The van der Waals surface area contributed by atoms with Gasteiger partial charge in [-0.05, 0) is 24.6 Å². The molecule has 0 aliphatic rings. The van der Waals surface area contributed by atoms with Crippen LogP contribution in [-0.4, -0.2) is 9.55 Å². The minimum absolute atomic E-state index is 0.0515. The van der Waals surface area contributed by atoms with Gasteiger partial charge in [0.2, 0.25) is 0 Å². The summed E-state index contributed by atoms with van der Waals surface area (Å²) in [6.07, 6.45) is 0. The Hall–Kier alpha value is -2.50. The van der Waals surface area contributed by atoms with Crippen molar-refractivity contribution in [2.45, 2.75) is 6.92 Å². The lowest BCUT2D eigenvalue weighted by molar-refractivity contribution is 0.912. The smallest absolute Gasteiger partial charge is 0.334 e. The fourth-order valence-corrected chi connectivity index (χ4v) is 1.59. The second-order valence-corrected chi connectivity index (χ2v) is 3.73. The molecule has 1 aromatic heterocycles. The topological polar surface area (TPSA) is 107 Å². The third-order valence-corrected chi connectivity index (χ3v) is 2.44. The maximum Gasteiger partial charge on any atom is 0.334 e. The fourth-order valence-electron chi connectivity index (χ4n) is 1.59. The summed E-state index contributed by atoms with van der Waals surface area (Å²) in [5.41, 5.74) is 11.3. The van der Waals surface area contributed by atoms with E-state index < -0.39 is 11.2 Å². The summed E-state index contributed by atoms with van der Waals surface area (Å²) >= 11 is 0. The van der Waals surface area contributed by atoms with Crippen LogP contribution in [0.1, 0.15) is 5.56 Å². The molecule has 0 aliphatic heterocycles. The standard InChI is InChI=1S/C11H12N4O2/c1-6-3-2-4-7(5-6)15-9(13)8(12)10(16)14-11(15)17/h2-5H,12-13H2,1H3,(H,14,16,17). The molecule has 0 bridgehead atoms. The van der Waals surface area contributed by atoms with Crippen molar-refractivity contribution in [3.63, 3.8) is 0 Å². The molecule has 0 amide bonds. The molecule has 0 aliphatic carbocycles. The molecule has 6 heteroatoms. The summed E-state index contributed by atoms with van der Waals surface area (Å²) in [5, 5.41) is 0. The van der Waals surface area contributed by atoms with Crippen LogP contribution in [0, 0.1) is 6.92 Å². The Kier molecular flexibility index (Phi) is 2.47.